The van der Waals surface area contributed by atoms with Crippen LogP contribution in [0, 0.1) is 5.82 Å². The Morgan fingerprint density at radius 3 is 2.87 bits per heavy atom. The van der Waals surface area contributed by atoms with Gasteiger partial charge in [0.1, 0.15) is 5.82 Å². The van der Waals surface area contributed by atoms with Gasteiger partial charge in [-0.15, -0.1) is 0 Å². The SMILES string of the molecule is C=C(Br)CNC(C)c1ccc(F)cc1Cl. The first-order chi connectivity index (χ1) is 7.00. The van der Waals surface area contributed by atoms with E-state index in [4.69, 9.17) is 11.6 Å². The zero-order valence-corrected chi connectivity index (χ0v) is 10.7. The Morgan fingerprint density at radius 2 is 2.33 bits per heavy atom. The van der Waals surface area contributed by atoms with Crippen LogP contribution < -0.4 is 5.32 Å². The normalized spacial score (nSPS) is 12.5. The zero-order valence-electron chi connectivity index (χ0n) is 8.36. The Kier molecular flexibility index (Phi) is 4.77. The Morgan fingerprint density at radius 1 is 1.67 bits per heavy atom. The molecule has 15 heavy (non-hydrogen) atoms. The second kappa shape index (κ2) is 5.64. The van der Waals surface area contributed by atoms with Crippen molar-refractivity contribution >= 4 is 27.5 Å². The molecule has 1 aromatic rings. The molecule has 0 amide bonds. The van der Waals surface area contributed by atoms with Crippen molar-refractivity contribution in [2.75, 3.05) is 6.54 Å². The van der Waals surface area contributed by atoms with Gasteiger partial charge in [-0.3, -0.25) is 0 Å². The van der Waals surface area contributed by atoms with Crippen LogP contribution in [0.3, 0.4) is 0 Å². The summed E-state index contributed by atoms with van der Waals surface area (Å²) in [5.74, 6) is -0.319. The topological polar surface area (TPSA) is 12.0 Å². The van der Waals surface area contributed by atoms with E-state index in [0.29, 0.717) is 11.6 Å². The molecular weight excluding hydrogens is 280 g/mol. The summed E-state index contributed by atoms with van der Waals surface area (Å²) in [6.45, 7) is 6.33. The lowest BCUT2D eigenvalue weighted by molar-refractivity contribution is 0.605. The van der Waals surface area contributed by atoms with Gasteiger partial charge in [-0.05, 0) is 24.6 Å². The van der Waals surface area contributed by atoms with E-state index in [1.54, 1.807) is 6.07 Å². The van der Waals surface area contributed by atoms with Gasteiger partial charge in [0.15, 0.2) is 0 Å². The quantitative estimate of drug-likeness (QED) is 0.883. The summed E-state index contributed by atoms with van der Waals surface area (Å²) in [7, 11) is 0. The lowest BCUT2D eigenvalue weighted by Crippen LogP contribution is -2.20. The molecule has 4 heteroatoms. The summed E-state index contributed by atoms with van der Waals surface area (Å²) in [5, 5.41) is 3.65. The second-order valence-electron chi connectivity index (χ2n) is 3.29. The molecule has 0 radical (unpaired) electrons. The molecule has 1 aromatic carbocycles. The Hall–Kier alpha value is -0.380. The maximum atomic E-state index is 12.8. The van der Waals surface area contributed by atoms with Crippen LogP contribution in [0.15, 0.2) is 29.3 Å². The average molecular weight is 293 g/mol. The molecule has 0 saturated heterocycles. The molecule has 1 rings (SSSR count). The van der Waals surface area contributed by atoms with Crippen molar-refractivity contribution in [3.63, 3.8) is 0 Å². The summed E-state index contributed by atoms with van der Waals surface area (Å²) in [4.78, 5) is 0. The van der Waals surface area contributed by atoms with Crippen molar-refractivity contribution in [3.05, 3.63) is 45.7 Å². The van der Waals surface area contributed by atoms with Gasteiger partial charge in [-0.2, -0.15) is 0 Å². The van der Waals surface area contributed by atoms with E-state index in [0.717, 1.165) is 10.0 Å². The first kappa shape index (κ1) is 12.7. The van der Waals surface area contributed by atoms with Crippen LogP contribution in [0.2, 0.25) is 5.02 Å². The largest absolute Gasteiger partial charge is 0.306 e. The van der Waals surface area contributed by atoms with Crippen molar-refractivity contribution in [1.82, 2.24) is 5.32 Å². The van der Waals surface area contributed by atoms with E-state index < -0.39 is 0 Å². The van der Waals surface area contributed by atoms with Crippen molar-refractivity contribution in [2.24, 2.45) is 0 Å². The van der Waals surface area contributed by atoms with Crippen LogP contribution in [0.1, 0.15) is 18.5 Å². The highest BCUT2D eigenvalue weighted by molar-refractivity contribution is 9.11. The summed E-state index contributed by atoms with van der Waals surface area (Å²) >= 11 is 9.18. The van der Waals surface area contributed by atoms with Crippen LogP contribution in [0.4, 0.5) is 4.39 Å². The maximum Gasteiger partial charge on any atom is 0.124 e. The van der Waals surface area contributed by atoms with Crippen LogP contribution in [0.5, 0.6) is 0 Å². The summed E-state index contributed by atoms with van der Waals surface area (Å²) in [6, 6.07) is 4.47. The minimum atomic E-state index is -0.319. The molecule has 0 aliphatic carbocycles. The van der Waals surface area contributed by atoms with Crippen molar-refractivity contribution in [2.45, 2.75) is 13.0 Å². The molecule has 1 nitrogen and oxygen atoms in total. The lowest BCUT2D eigenvalue weighted by atomic mass is 10.1. The fourth-order valence-corrected chi connectivity index (χ4v) is 1.72. The number of halogens is 3. The fraction of sp³-hybridized carbons (Fsp3) is 0.273. The molecular formula is C11H12BrClFN. The molecule has 1 N–H and O–H groups in total. The molecule has 0 fully saturated rings. The molecule has 0 heterocycles. The van der Waals surface area contributed by atoms with Gasteiger partial charge in [0, 0.05) is 22.1 Å². The monoisotopic (exact) mass is 291 g/mol. The highest BCUT2D eigenvalue weighted by Crippen LogP contribution is 2.23. The molecule has 1 unspecified atom stereocenters. The molecule has 1 atom stereocenters. The average Bonchev–Trinajstić information content (AvgIpc) is 2.14. The maximum absolute atomic E-state index is 12.8. The number of hydrogen-bond donors (Lipinski definition) is 1. The van der Waals surface area contributed by atoms with Crippen LogP contribution >= 0.6 is 27.5 Å². The third-order valence-electron chi connectivity index (χ3n) is 2.03. The van der Waals surface area contributed by atoms with Crippen LogP contribution in [0.25, 0.3) is 0 Å². The van der Waals surface area contributed by atoms with E-state index in [2.05, 4.69) is 27.8 Å². The van der Waals surface area contributed by atoms with E-state index in [1.807, 2.05) is 6.92 Å². The van der Waals surface area contributed by atoms with Gasteiger partial charge in [0.25, 0.3) is 0 Å². The molecule has 0 aliphatic rings. The molecule has 82 valence electrons. The van der Waals surface area contributed by atoms with E-state index in [9.17, 15) is 4.39 Å². The molecule has 0 saturated carbocycles. The van der Waals surface area contributed by atoms with E-state index in [-0.39, 0.29) is 11.9 Å². The smallest absolute Gasteiger partial charge is 0.124 e. The number of nitrogens with one attached hydrogen (secondary N) is 1. The van der Waals surface area contributed by atoms with Gasteiger partial charge < -0.3 is 5.32 Å². The number of rotatable bonds is 4. The molecule has 0 spiro atoms. The van der Waals surface area contributed by atoms with Gasteiger partial charge in [0.05, 0.1) is 0 Å². The third-order valence-corrected chi connectivity index (χ3v) is 2.64. The number of benzene rings is 1. The summed E-state index contributed by atoms with van der Waals surface area (Å²) in [6.07, 6.45) is 0. The van der Waals surface area contributed by atoms with Gasteiger partial charge >= 0.3 is 0 Å². The Labute approximate surface area is 102 Å². The summed E-state index contributed by atoms with van der Waals surface area (Å²) in [5.41, 5.74) is 0.881. The molecule has 0 bridgehead atoms. The van der Waals surface area contributed by atoms with E-state index in [1.165, 1.54) is 12.1 Å². The van der Waals surface area contributed by atoms with Crippen molar-refractivity contribution in [3.8, 4) is 0 Å². The predicted octanol–water partition coefficient (Wildman–Crippen LogP) is 4.04. The third kappa shape index (κ3) is 3.93. The van der Waals surface area contributed by atoms with Crippen molar-refractivity contribution < 1.29 is 4.39 Å². The highest BCUT2D eigenvalue weighted by Gasteiger charge is 2.09. The predicted molar refractivity (Wildman–Crippen MR) is 65.9 cm³/mol. The van der Waals surface area contributed by atoms with Crippen LogP contribution in [-0.4, -0.2) is 6.54 Å². The second-order valence-corrected chi connectivity index (χ2v) is 4.81. The van der Waals surface area contributed by atoms with E-state index >= 15 is 0 Å². The fourth-order valence-electron chi connectivity index (χ4n) is 1.23. The summed E-state index contributed by atoms with van der Waals surface area (Å²) < 4.78 is 13.7. The van der Waals surface area contributed by atoms with Crippen molar-refractivity contribution in [1.29, 1.82) is 0 Å². The highest BCUT2D eigenvalue weighted by atomic mass is 79.9. The van der Waals surface area contributed by atoms with Crippen LogP contribution in [-0.2, 0) is 0 Å². The Bertz CT molecular complexity index is 368. The minimum Gasteiger partial charge on any atom is -0.306 e. The van der Waals surface area contributed by atoms with Gasteiger partial charge in [-0.1, -0.05) is 40.2 Å². The lowest BCUT2D eigenvalue weighted by Gasteiger charge is -2.15. The first-order valence-electron chi connectivity index (χ1n) is 4.52. The standard InChI is InChI=1S/C11H12BrClFN/c1-7(12)6-15-8(2)10-4-3-9(14)5-11(10)13/h3-5,8,15H,1,6H2,2H3. The Balaban J connectivity index is 2.73. The first-order valence-corrected chi connectivity index (χ1v) is 5.69. The minimum absolute atomic E-state index is 0.0624. The van der Waals surface area contributed by atoms with Gasteiger partial charge in [-0.25, -0.2) is 4.39 Å². The number of hydrogen-bond acceptors (Lipinski definition) is 1. The molecule has 0 aromatic heterocycles. The molecule has 0 aliphatic heterocycles. The van der Waals surface area contributed by atoms with Gasteiger partial charge in [0.2, 0.25) is 0 Å². The zero-order chi connectivity index (χ0) is 11.4.